The Kier molecular flexibility index (Phi) is 4.65. The summed E-state index contributed by atoms with van der Waals surface area (Å²) in [6, 6.07) is 4.39. The third kappa shape index (κ3) is 3.19. The van der Waals surface area contributed by atoms with E-state index in [0.29, 0.717) is 18.8 Å². The summed E-state index contributed by atoms with van der Waals surface area (Å²) in [6.07, 6.45) is 0.151. The Balaban J connectivity index is 2.15. The first-order chi connectivity index (χ1) is 10.5. The number of anilines is 1. The largest absolute Gasteiger partial charge is 0.497 e. The minimum absolute atomic E-state index is 0.0515. The summed E-state index contributed by atoms with van der Waals surface area (Å²) in [4.78, 5) is 36.8. The Bertz CT molecular complexity index is 614. The summed E-state index contributed by atoms with van der Waals surface area (Å²) in [5.74, 6) is -1.64. The van der Waals surface area contributed by atoms with Crippen LogP contribution in [0.4, 0.5) is 5.69 Å². The van der Waals surface area contributed by atoms with E-state index < -0.39 is 11.9 Å². The molecule has 0 aliphatic carbocycles. The Morgan fingerprint density at radius 3 is 2.73 bits per heavy atom. The normalized spacial score (nSPS) is 17.5. The molecule has 118 valence electrons. The van der Waals surface area contributed by atoms with Crippen LogP contribution in [0, 0.1) is 5.92 Å². The quantitative estimate of drug-likeness (QED) is 0.852. The third-order valence-electron chi connectivity index (χ3n) is 3.68. The second-order valence-electron chi connectivity index (χ2n) is 5.04. The zero-order valence-corrected chi connectivity index (χ0v) is 12.5. The van der Waals surface area contributed by atoms with Crippen LogP contribution in [0.3, 0.4) is 0 Å². The van der Waals surface area contributed by atoms with E-state index in [-0.39, 0.29) is 29.5 Å². The molecule has 2 N–H and O–H groups in total. The van der Waals surface area contributed by atoms with Gasteiger partial charge in [0.1, 0.15) is 5.75 Å². The fraction of sp³-hybridized carbons (Fsp3) is 0.400. The van der Waals surface area contributed by atoms with Crippen molar-refractivity contribution in [2.75, 3.05) is 25.5 Å². The highest BCUT2D eigenvalue weighted by Crippen LogP contribution is 2.24. The summed E-state index contributed by atoms with van der Waals surface area (Å²) in [5, 5.41) is 11.8. The highest BCUT2D eigenvalue weighted by molar-refractivity contribution is 6.03. The number of hydrogen-bond donors (Lipinski definition) is 2. The van der Waals surface area contributed by atoms with Gasteiger partial charge in [0.2, 0.25) is 11.8 Å². The summed E-state index contributed by atoms with van der Waals surface area (Å²) in [6.45, 7) is 2.77. The van der Waals surface area contributed by atoms with Crippen molar-refractivity contribution >= 4 is 23.5 Å². The standard InChI is InChI=1S/C15H18N2O5/c1-3-17-8-9(6-13(17)18)14(19)16-12-5-4-10(22-2)7-11(12)15(20)21/h4-5,7,9H,3,6,8H2,1-2H3,(H,16,19)(H,20,21). The lowest BCUT2D eigenvalue weighted by Gasteiger charge is -2.15. The number of amides is 2. The predicted molar refractivity (Wildman–Crippen MR) is 78.9 cm³/mol. The van der Waals surface area contributed by atoms with Crippen molar-refractivity contribution in [2.45, 2.75) is 13.3 Å². The van der Waals surface area contributed by atoms with Crippen LogP contribution in [0.15, 0.2) is 18.2 Å². The first-order valence-corrected chi connectivity index (χ1v) is 6.96. The van der Waals surface area contributed by atoms with Crippen molar-refractivity contribution < 1.29 is 24.2 Å². The first-order valence-electron chi connectivity index (χ1n) is 6.96. The van der Waals surface area contributed by atoms with Gasteiger partial charge in [-0.2, -0.15) is 0 Å². The number of carbonyl (C=O) groups excluding carboxylic acids is 2. The monoisotopic (exact) mass is 306 g/mol. The van der Waals surface area contributed by atoms with Gasteiger partial charge in [0.15, 0.2) is 0 Å². The molecule has 1 aliphatic heterocycles. The number of nitrogens with one attached hydrogen (secondary N) is 1. The van der Waals surface area contributed by atoms with Crippen molar-refractivity contribution in [3.8, 4) is 5.75 Å². The Hall–Kier alpha value is -2.57. The second kappa shape index (κ2) is 6.46. The van der Waals surface area contributed by atoms with Crippen LogP contribution in [0.1, 0.15) is 23.7 Å². The molecule has 1 saturated heterocycles. The fourth-order valence-electron chi connectivity index (χ4n) is 2.42. The van der Waals surface area contributed by atoms with E-state index >= 15 is 0 Å². The first kappa shape index (κ1) is 15.8. The van der Waals surface area contributed by atoms with E-state index in [4.69, 9.17) is 4.74 Å². The summed E-state index contributed by atoms with van der Waals surface area (Å²) < 4.78 is 4.98. The van der Waals surface area contributed by atoms with E-state index in [1.54, 1.807) is 11.0 Å². The predicted octanol–water partition coefficient (Wildman–Crippen LogP) is 1.20. The molecule has 0 spiro atoms. The minimum atomic E-state index is -1.16. The lowest BCUT2D eigenvalue weighted by atomic mass is 10.1. The summed E-state index contributed by atoms with van der Waals surface area (Å²) >= 11 is 0. The number of carbonyl (C=O) groups is 3. The number of likely N-dealkylation sites (tertiary alicyclic amines) is 1. The number of carboxylic acid groups (broad SMARTS) is 1. The van der Waals surface area contributed by atoms with Crippen LogP contribution in [-0.4, -0.2) is 48.0 Å². The second-order valence-corrected chi connectivity index (χ2v) is 5.04. The van der Waals surface area contributed by atoms with Crippen LogP contribution in [0.25, 0.3) is 0 Å². The van der Waals surface area contributed by atoms with Gasteiger partial charge in [-0.3, -0.25) is 9.59 Å². The minimum Gasteiger partial charge on any atom is -0.497 e. The zero-order chi connectivity index (χ0) is 16.3. The SMILES string of the molecule is CCN1CC(C(=O)Nc2ccc(OC)cc2C(=O)O)CC1=O. The van der Waals surface area contributed by atoms with Crippen molar-refractivity contribution in [3.63, 3.8) is 0 Å². The van der Waals surface area contributed by atoms with Crippen LogP contribution in [-0.2, 0) is 9.59 Å². The topological polar surface area (TPSA) is 95.9 Å². The molecular weight excluding hydrogens is 288 g/mol. The molecule has 1 aliphatic rings. The third-order valence-corrected chi connectivity index (χ3v) is 3.68. The molecule has 0 bridgehead atoms. The number of rotatable bonds is 5. The van der Waals surface area contributed by atoms with Crippen molar-refractivity contribution in [1.29, 1.82) is 0 Å². The van der Waals surface area contributed by atoms with E-state index in [1.165, 1.54) is 19.2 Å². The van der Waals surface area contributed by atoms with Gasteiger partial charge in [-0.25, -0.2) is 4.79 Å². The van der Waals surface area contributed by atoms with Crippen LogP contribution < -0.4 is 10.1 Å². The molecule has 7 heteroatoms. The van der Waals surface area contributed by atoms with E-state index in [9.17, 15) is 19.5 Å². The molecule has 0 saturated carbocycles. The molecule has 22 heavy (non-hydrogen) atoms. The highest BCUT2D eigenvalue weighted by atomic mass is 16.5. The molecule has 1 heterocycles. The van der Waals surface area contributed by atoms with Crippen LogP contribution in [0.5, 0.6) is 5.75 Å². The van der Waals surface area contributed by atoms with Crippen molar-refractivity contribution in [1.82, 2.24) is 4.90 Å². The molecule has 1 aromatic rings. The van der Waals surface area contributed by atoms with Crippen LogP contribution in [0.2, 0.25) is 0 Å². The molecule has 0 aromatic heterocycles. The molecular formula is C15H18N2O5. The van der Waals surface area contributed by atoms with Gasteiger partial charge in [-0.15, -0.1) is 0 Å². The van der Waals surface area contributed by atoms with Gasteiger partial charge >= 0.3 is 5.97 Å². The molecule has 1 fully saturated rings. The molecule has 1 aromatic carbocycles. The molecule has 0 radical (unpaired) electrons. The van der Waals surface area contributed by atoms with E-state index in [1.807, 2.05) is 6.92 Å². The number of benzene rings is 1. The molecule has 2 rings (SSSR count). The molecule has 1 unspecified atom stereocenters. The molecule has 7 nitrogen and oxygen atoms in total. The van der Waals surface area contributed by atoms with Crippen molar-refractivity contribution in [3.05, 3.63) is 23.8 Å². The number of hydrogen-bond acceptors (Lipinski definition) is 4. The highest BCUT2D eigenvalue weighted by Gasteiger charge is 2.33. The summed E-state index contributed by atoms with van der Waals surface area (Å²) in [5.41, 5.74) is 0.144. The average Bonchev–Trinajstić information content (AvgIpc) is 2.88. The molecule has 1 atom stereocenters. The number of carboxylic acids is 1. The maximum atomic E-state index is 12.2. The van der Waals surface area contributed by atoms with Gasteiger partial charge in [0, 0.05) is 19.5 Å². The van der Waals surface area contributed by atoms with E-state index in [2.05, 4.69) is 5.32 Å². The number of aromatic carboxylic acids is 1. The maximum absolute atomic E-state index is 12.2. The van der Waals surface area contributed by atoms with Gasteiger partial charge in [-0.1, -0.05) is 0 Å². The smallest absolute Gasteiger partial charge is 0.337 e. The van der Waals surface area contributed by atoms with Gasteiger partial charge in [0.25, 0.3) is 0 Å². The van der Waals surface area contributed by atoms with Gasteiger partial charge in [0.05, 0.1) is 24.3 Å². The number of ether oxygens (including phenoxy) is 1. The Labute approximate surface area is 127 Å². The lowest BCUT2D eigenvalue weighted by Crippen LogP contribution is -2.28. The van der Waals surface area contributed by atoms with Crippen LogP contribution >= 0.6 is 0 Å². The number of methoxy groups -OCH3 is 1. The molecule has 2 amide bonds. The fourth-order valence-corrected chi connectivity index (χ4v) is 2.42. The zero-order valence-electron chi connectivity index (χ0n) is 12.5. The van der Waals surface area contributed by atoms with Crippen molar-refractivity contribution in [2.24, 2.45) is 5.92 Å². The van der Waals surface area contributed by atoms with Gasteiger partial charge in [-0.05, 0) is 25.1 Å². The van der Waals surface area contributed by atoms with E-state index in [0.717, 1.165) is 0 Å². The van der Waals surface area contributed by atoms with Gasteiger partial charge < -0.3 is 20.1 Å². The Morgan fingerprint density at radius 1 is 1.45 bits per heavy atom. The average molecular weight is 306 g/mol. The summed E-state index contributed by atoms with van der Waals surface area (Å²) in [7, 11) is 1.43. The lowest BCUT2D eigenvalue weighted by molar-refractivity contribution is -0.128. The maximum Gasteiger partial charge on any atom is 0.337 e. The number of nitrogens with zero attached hydrogens (tertiary/aromatic N) is 1. The Morgan fingerprint density at radius 2 is 2.18 bits per heavy atom.